The second-order valence-electron chi connectivity index (χ2n) is 3.14. The second kappa shape index (κ2) is 5.40. The van der Waals surface area contributed by atoms with Gasteiger partial charge in [0.25, 0.3) is 0 Å². The number of carbonyl (C=O) groups is 1. The molecule has 1 N–H and O–H groups in total. The smallest absolute Gasteiger partial charge is 0.345 e. The van der Waals surface area contributed by atoms with Crippen molar-refractivity contribution in [1.82, 2.24) is 4.98 Å². The first-order valence-electron chi connectivity index (χ1n) is 4.66. The van der Waals surface area contributed by atoms with E-state index >= 15 is 0 Å². The van der Waals surface area contributed by atoms with Gasteiger partial charge in [-0.15, -0.1) is 11.3 Å². The van der Waals surface area contributed by atoms with Crippen LogP contribution in [-0.4, -0.2) is 16.1 Å². The average molecular weight is 297 g/mol. The molecule has 90 valence electrons. The first kappa shape index (κ1) is 12.9. The Morgan fingerprint density at radius 2 is 2.39 bits per heavy atom. The van der Waals surface area contributed by atoms with E-state index in [1.165, 1.54) is 24.0 Å². The largest absolute Gasteiger partial charge is 0.477 e. The fourth-order valence-corrected chi connectivity index (χ4v) is 3.18. The minimum atomic E-state index is -0.961. The number of hydrogen-bond donors (Lipinski definition) is 1. The number of carboxylic acid groups (broad SMARTS) is 1. The molecule has 0 fully saturated rings. The van der Waals surface area contributed by atoms with Crippen LogP contribution in [0, 0.1) is 11.3 Å². The Morgan fingerprint density at radius 3 is 3.00 bits per heavy atom. The third kappa shape index (κ3) is 2.64. The predicted octanol–water partition coefficient (Wildman–Crippen LogP) is 3.52. The number of halogens is 1. The van der Waals surface area contributed by atoms with E-state index in [0.29, 0.717) is 10.6 Å². The Labute approximate surface area is 116 Å². The monoisotopic (exact) mass is 296 g/mol. The number of nitrogens with zero attached hydrogens (tertiary/aromatic N) is 2. The molecule has 0 bridgehead atoms. The lowest BCUT2D eigenvalue weighted by Gasteiger charge is -2.01. The third-order valence-corrected chi connectivity index (χ3v) is 4.51. The van der Waals surface area contributed by atoms with Crippen LogP contribution < -0.4 is 0 Å². The summed E-state index contributed by atoms with van der Waals surface area (Å²) in [6, 6.07) is 5.05. The van der Waals surface area contributed by atoms with Crippen LogP contribution in [0.1, 0.15) is 15.2 Å². The molecule has 0 aliphatic heterocycles. The van der Waals surface area contributed by atoms with E-state index in [-0.39, 0.29) is 9.90 Å². The minimum Gasteiger partial charge on any atom is -0.477 e. The highest BCUT2D eigenvalue weighted by atomic mass is 35.5. The van der Waals surface area contributed by atoms with Crippen molar-refractivity contribution in [3.8, 4) is 6.07 Å². The van der Waals surface area contributed by atoms with Crippen LogP contribution in [0.4, 0.5) is 0 Å². The second-order valence-corrected chi connectivity index (χ2v) is 5.49. The predicted molar refractivity (Wildman–Crippen MR) is 69.4 cm³/mol. The molecule has 0 saturated carbocycles. The van der Waals surface area contributed by atoms with E-state index in [4.69, 9.17) is 22.0 Å². The van der Waals surface area contributed by atoms with Crippen molar-refractivity contribution in [2.24, 2.45) is 0 Å². The van der Waals surface area contributed by atoms with Crippen LogP contribution in [0.25, 0.3) is 0 Å². The first-order valence-corrected chi connectivity index (χ1v) is 6.73. The Kier molecular flexibility index (Phi) is 3.87. The van der Waals surface area contributed by atoms with Crippen LogP contribution in [0.2, 0.25) is 5.02 Å². The van der Waals surface area contributed by atoms with Gasteiger partial charge in [-0.05, 0) is 12.1 Å². The maximum atomic E-state index is 10.8. The summed E-state index contributed by atoms with van der Waals surface area (Å²) in [6.07, 6.45) is 1.50. The zero-order chi connectivity index (χ0) is 13.1. The van der Waals surface area contributed by atoms with Crippen molar-refractivity contribution < 1.29 is 9.90 Å². The Morgan fingerprint density at radius 1 is 1.61 bits per heavy atom. The molecule has 7 heteroatoms. The van der Waals surface area contributed by atoms with E-state index < -0.39 is 5.97 Å². The Bertz CT molecular complexity index is 649. The zero-order valence-electron chi connectivity index (χ0n) is 8.75. The SMILES string of the molecule is N#Cc1ccnc(Sc2csc(C(=O)O)c2)c1Cl. The number of aromatic carboxylic acids is 1. The van der Waals surface area contributed by atoms with Gasteiger partial charge < -0.3 is 5.11 Å². The van der Waals surface area contributed by atoms with Crippen LogP contribution in [-0.2, 0) is 0 Å². The maximum Gasteiger partial charge on any atom is 0.345 e. The van der Waals surface area contributed by atoms with Gasteiger partial charge in [0.2, 0.25) is 0 Å². The number of pyridine rings is 1. The average Bonchev–Trinajstić information content (AvgIpc) is 2.80. The summed E-state index contributed by atoms with van der Waals surface area (Å²) in [7, 11) is 0. The summed E-state index contributed by atoms with van der Waals surface area (Å²) in [5.74, 6) is -0.961. The van der Waals surface area contributed by atoms with Crippen molar-refractivity contribution >= 4 is 40.7 Å². The van der Waals surface area contributed by atoms with Crippen molar-refractivity contribution in [2.75, 3.05) is 0 Å². The molecule has 0 radical (unpaired) electrons. The third-order valence-electron chi connectivity index (χ3n) is 1.98. The minimum absolute atomic E-state index is 0.255. The number of aromatic nitrogens is 1. The van der Waals surface area contributed by atoms with Gasteiger partial charge in [-0.25, -0.2) is 9.78 Å². The summed E-state index contributed by atoms with van der Waals surface area (Å²) in [5, 5.41) is 20.1. The fourth-order valence-electron chi connectivity index (χ4n) is 1.18. The molecule has 2 aromatic heterocycles. The van der Waals surface area contributed by atoms with E-state index in [2.05, 4.69) is 4.98 Å². The molecule has 0 amide bonds. The topological polar surface area (TPSA) is 74.0 Å². The molecule has 0 aliphatic carbocycles. The van der Waals surface area contributed by atoms with Gasteiger partial charge in [0, 0.05) is 16.5 Å². The van der Waals surface area contributed by atoms with Crippen molar-refractivity contribution in [3.63, 3.8) is 0 Å². The molecule has 18 heavy (non-hydrogen) atoms. The molecular weight excluding hydrogens is 292 g/mol. The molecule has 0 saturated heterocycles. The summed E-state index contributed by atoms with van der Waals surface area (Å²) >= 11 is 8.38. The van der Waals surface area contributed by atoms with Gasteiger partial charge in [-0.1, -0.05) is 23.4 Å². The number of rotatable bonds is 3. The lowest BCUT2D eigenvalue weighted by Crippen LogP contribution is -1.90. The van der Waals surface area contributed by atoms with Crippen LogP contribution in [0.5, 0.6) is 0 Å². The van der Waals surface area contributed by atoms with Gasteiger partial charge >= 0.3 is 5.97 Å². The van der Waals surface area contributed by atoms with Gasteiger partial charge in [0.05, 0.1) is 10.6 Å². The van der Waals surface area contributed by atoms with Crippen LogP contribution in [0.15, 0.2) is 33.6 Å². The van der Waals surface area contributed by atoms with Gasteiger partial charge in [0.1, 0.15) is 16.0 Å². The zero-order valence-corrected chi connectivity index (χ0v) is 11.1. The Balaban J connectivity index is 2.29. The molecule has 0 atom stereocenters. The lowest BCUT2D eigenvalue weighted by molar-refractivity contribution is 0.0702. The van der Waals surface area contributed by atoms with Crippen LogP contribution >= 0.6 is 34.7 Å². The molecule has 0 aromatic carbocycles. The van der Waals surface area contributed by atoms with Gasteiger partial charge in [-0.2, -0.15) is 5.26 Å². The molecule has 0 unspecified atom stereocenters. The lowest BCUT2D eigenvalue weighted by atomic mass is 10.3. The molecular formula is C11H5ClN2O2S2. The summed E-state index contributed by atoms with van der Waals surface area (Å²) in [5.41, 5.74) is 0.350. The summed E-state index contributed by atoms with van der Waals surface area (Å²) < 4.78 is 0. The quantitative estimate of drug-likeness (QED) is 0.938. The number of thiophene rings is 1. The normalized spacial score (nSPS) is 10.0. The number of hydrogen-bond acceptors (Lipinski definition) is 5. The highest BCUT2D eigenvalue weighted by molar-refractivity contribution is 7.99. The summed E-state index contributed by atoms with van der Waals surface area (Å²) in [6.45, 7) is 0. The van der Waals surface area contributed by atoms with Crippen molar-refractivity contribution in [3.05, 3.63) is 39.2 Å². The summed E-state index contributed by atoms with van der Waals surface area (Å²) in [4.78, 5) is 15.8. The number of nitriles is 1. The maximum absolute atomic E-state index is 10.8. The van der Waals surface area contributed by atoms with Crippen molar-refractivity contribution in [2.45, 2.75) is 9.92 Å². The molecule has 0 spiro atoms. The van der Waals surface area contributed by atoms with Gasteiger partial charge in [-0.3, -0.25) is 0 Å². The van der Waals surface area contributed by atoms with Crippen LogP contribution in [0.3, 0.4) is 0 Å². The Hall–Kier alpha value is -1.55. The number of carboxylic acids is 1. The van der Waals surface area contributed by atoms with E-state index in [1.807, 2.05) is 6.07 Å². The highest BCUT2D eigenvalue weighted by Crippen LogP contribution is 2.35. The molecule has 2 aromatic rings. The van der Waals surface area contributed by atoms with E-state index in [1.54, 1.807) is 11.4 Å². The molecule has 4 nitrogen and oxygen atoms in total. The highest BCUT2D eigenvalue weighted by Gasteiger charge is 2.12. The van der Waals surface area contributed by atoms with Gasteiger partial charge in [0.15, 0.2) is 0 Å². The standard InChI is InChI=1S/C11H5ClN2O2S2/c12-9-6(4-13)1-2-14-10(9)18-7-3-8(11(15)16)17-5-7/h1-3,5H,(H,15,16). The van der Waals surface area contributed by atoms with Crippen molar-refractivity contribution in [1.29, 1.82) is 5.26 Å². The molecule has 0 aliphatic rings. The van der Waals surface area contributed by atoms with E-state index in [9.17, 15) is 4.79 Å². The van der Waals surface area contributed by atoms with E-state index in [0.717, 1.165) is 16.2 Å². The fraction of sp³-hybridized carbons (Fsp3) is 0. The molecule has 2 heterocycles. The molecule has 2 rings (SSSR count). The first-order chi connectivity index (χ1) is 8.61.